The summed E-state index contributed by atoms with van der Waals surface area (Å²) in [5, 5.41) is 9.83. The van der Waals surface area contributed by atoms with Gasteiger partial charge in [0.05, 0.1) is 16.8 Å². The summed E-state index contributed by atoms with van der Waals surface area (Å²) >= 11 is 0. The van der Waals surface area contributed by atoms with Gasteiger partial charge in [0.2, 0.25) is 0 Å². The minimum Gasteiger partial charge on any atom is -0.489 e. The highest BCUT2D eigenvalue weighted by atomic mass is 19.1. The molecule has 2 aliphatic heterocycles. The van der Waals surface area contributed by atoms with E-state index in [2.05, 4.69) is 4.99 Å². The summed E-state index contributed by atoms with van der Waals surface area (Å²) in [5.41, 5.74) is 1.36. The lowest BCUT2D eigenvalue weighted by molar-refractivity contribution is -0.120. The molecule has 0 bridgehead atoms. The summed E-state index contributed by atoms with van der Waals surface area (Å²) in [5.74, 6) is -1.50. The van der Waals surface area contributed by atoms with Crippen LogP contribution in [0.4, 0.5) is 4.39 Å². The molecule has 1 N–H and O–H groups in total. The van der Waals surface area contributed by atoms with Crippen LogP contribution in [0.3, 0.4) is 0 Å². The predicted molar refractivity (Wildman–Crippen MR) is 109 cm³/mol. The third-order valence-corrected chi connectivity index (χ3v) is 5.28. The lowest BCUT2D eigenvalue weighted by atomic mass is 9.99. The SMILES string of the molecule is CC1=NC=C(CCN2C(=O)c3ccc(OCc4ccccc4F)cc3C2=O)C(=O)C1O. The van der Waals surface area contributed by atoms with Crippen LogP contribution in [-0.2, 0) is 11.4 Å². The maximum absolute atomic E-state index is 13.8. The number of ether oxygens (including phenoxy) is 1. The second kappa shape index (κ2) is 8.23. The molecule has 0 spiro atoms. The normalized spacial score (nSPS) is 18.1. The van der Waals surface area contributed by atoms with Crippen molar-refractivity contribution in [2.45, 2.75) is 26.1 Å². The van der Waals surface area contributed by atoms with E-state index in [4.69, 9.17) is 4.74 Å². The Bertz CT molecular complexity index is 1150. The molecule has 2 heterocycles. The molecule has 0 radical (unpaired) electrons. The van der Waals surface area contributed by atoms with Gasteiger partial charge >= 0.3 is 0 Å². The first-order valence-electron chi connectivity index (χ1n) is 9.69. The van der Waals surface area contributed by atoms with Crippen LogP contribution in [0, 0.1) is 5.82 Å². The number of aliphatic hydroxyl groups is 1. The van der Waals surface area contributed by atoms with E-state index >= 15 is 0 Å². The number of imide groups is 1. The molecule has 4 rings (SSSR count). The van der Waals surface area contributed by atoms with Gasteiger partial charge in [0.25, 0.3) is 11.8 Å². The molecule has 0 saturated carbocycles. The number of benzene rings is 2. The topological polar surface area (TPSA) is 96.3 Å². The molecule has 8 heteroatoms. The number of hydrogen-bond acceptors (Lipinski definition) is 6. The number of carbonyl (C=O) groups is 3. The van der Waals surface area contributed by atoms with E-state index in [-0.39, 0.29) is 36.3 Å². The summed E-state index contributed by atoms with van der Waals surface area (Å²) in [6.45, 7) is 1.51. The van der Waals surface area contributed by atoms with Crippen molar-refractivity contribution in [3.05, 3.63) is 76.7 Å². The van der Waals surface area contributed by atoms with Crippen molar-refractivity contribution in [1.82, 2.24) is 4.90 Å². The third kappa shape index (κ3) is 3.89. The number of carbonyl (C=O) groups excluding carboxylic acids is 3. The van der Waals surface area contributed by atoms with E-state index in [1.807, 2.05) is 0 Å². The van der Waals surface area contributed by atoms with Gasteiger partial charge in [0.1, 0.15) is 18.2 Å². The van der Waals surface area contributed by atoms with Gasteiger partial charge in [-0.3, -0.25) is 24.3 Å². The van der Waals surface area contributed by atoms with E-state index in [1.165, 1.54) is 24.4 Å². The number of hydrogen-bond donors (Lipinski definition) is 1. The first kappa shape index (κ1) is 20.6. The maximum Gasteiger partial charge on any atom is 0.261 e. The van der Waals surface area contributed by atoms with Crippen molar-refractivity contribution in [3.63, 3.8) is 0 Å². The molecule has 0 aromatic heterocycles. The van der Waals surface area contributed by atoms with E-state index in [0.29, 0.717) is 17.0 Å². The quantitative estimate of drug-likeness (QED) is 0.722. The van der Waals surface area contributed by atoms with Crippen LogP contribution >= 0.6 is 0 Å². The van der Waals surface area contributed by atoms with Crippen LogP contribution in [0.1, 0.15) is 39.6 Å². The van der Waals surface area contributed by atoms with E-state index < -0.39 is 29.5 Å². The van der Waals surface area contributed by atoms with Crippen molar-refractivity contribution in [2.75, 3.05) is 6.54 Å². The molecule has 0 aliphatic carbocycles. The van der Waals surface area contributed by atoms with Crippen molar-refractivity contribution >= 4 is 23.3 Å². The summed E-state index contributed by atoms with van der Waals surface area (Å²) in [6.07, 6.45) is 0.155. The standard InChI is InChI=1S/C23H19FN2O5/c1-13-20(27)21(28)14(11-25-13)8-9-26-22(29)17-7-6-16(10-18(17)23(26)30)31-12-15-4-2-3-5-19(15)24/h2-7,10-11,20,27H,8-9,12H2,1H3. The Morgan fingerprint density at radius 3 is 2.61 bits per heavy atom. The molecule has 0 saturated heterocycles. The predicted octanol–water partition coefficient (Wildman–Crippen LogP) is 2.68. The van der Waals surface area contributed by atoms with Crippen molar-refractivity contribution in [2.24, 2.45) is 4.99 Å². The molecule has 7 nitrogen and oxygen atoms in total. The molecule has 31 heavy (non-hydrogen) atoms. The van der Waals surface area contributed by atoms with Gasteiger partial charge in [-0.1, -0.05) is 18.2 Å². The average Bonchev–Trinajstić information content (AvgIpc) is 3.00. The smallest absolute Gasteiger partial charge is 0.261 e. The minimum atomic E-state index is -1.30. The van der Waals surface area contributed by atoms with Crippen LogP contribution < -0.4 is 4.74 Å². The Hall–Kier alpha value is -3.65. The Kier molecular flexibility index (Phi) is 5.48. The summed E-state index contributed by atoms with van der Waals surface area (Å²) < 4.78 is 19.3. The second-order valence-corrected chi connectivity index (χ2v) is 7.29. The Balaban J connectivity index is 1.45. The van der Waals surface area contributed by atoms with Crippen molar-refractivity contribution in [3.8, 4) is 5.75 Å². The fraction of sp³-hybridized carbons (Fsp3) is 0.217. The molecule has 1 unspecified atom stereocenters. The summed E-state index contributed by atoms with van der Waals surface area (Å²) in [7, 11) is 0. The maximum atomic E-state index is 13.8. The van der Waals surface area contributed by atoms with Gasteiger partial charge in [-0.2, -0.15) is 0 Å². The van der Waals surface area contributed by atoms with Gasteiger partial charge in [-0.15, -0.1) is 0 Å². The molecule has 2 aliphatic rings. The fourth-order valence-corrected chi connectivity index (χ4v) is 3.44. The molecular weight excluding hydrogens is 403 g/mol. The highest BCUT2D eigenvalue weighted by Crippen LogP contribution is 2.28. The molecular formula is C23H19FN2O5. The molecule has 158 valence electrons. The summed E-state index contributed by atoms with van der Waals surface area (Å²) in [4.78, 5) is 42.6. The average molecular weight is 422 g/mol. The monoisotopic (exact) mass is 422 g/mol. The lowest BCUT2D eigenvalue weighted by Gasteiger charge is -2.18. The zero-order valence-electron chi connectivity index (χ0n) is 16.7. The Morgan fingerprint density at radius 2 is 1.84 bits per heavy atom. The van der Waals surface area contributed by atoms with Gasteiger partial charge in [0.15, 0.2) is 11.9 Å². The number of aliphatic hydroxyl groups excluding tert-OH is 1. The van der Waals surface area contributed by atoms with Gasteiger partial charge in [-0.05, 0) is 37.6 Å². The van der Waals surface area contributed by atoms with Gasteiger partial charge in [-0.25, -0.2) is 4.39 Å². The van der Waals surface area contributed by atoms with Crippen molar-refractivity contribution in [1.29, 1.82) is 0 Å². The molecule has 2 aromatic carbocycles. The first-order valence-corrected chi connectivity index (χ1v) is 9.69. The van der Waals surface area contributed by atoms with E-state index in [0.717, 1.165) is 4.90 Å². The number of Topliss-reactive ketones (excluding diaryl/α,β-unsaturated/α-hetero) is 1. The van der Waals surface area contributed by atoms with E-state index in [1.54, 1.807) is 31.2 Å². The highest BCUT2D eigenvalue weighted by molar-refractivity contribution is 6.21. The first-order chi connectivity index (χ1) is 14.9. The number of nitrogens with zero attached hydrogens (tertiary/aromatic N) is 2. The number of halogens is 1. The fourth-order valence-electron chi connectivity index (χ4n) is 3.44. The number of fused-ring (bicyclic) bond motifs is 1. The largest absolute Gasteiger partial charge is 0.489 e. The molecule has 2 aromatic rings. The van der Waals surface area contributed by atoms with Crippen LogP contribution in [-0.4, -0.2) is 46.0 Å². The number of aliphatic imine (C=N–C) groups is 1. The van der Waals surface area contributed by atoms with Gasteiger partial charge in [0, 0.05) is 23.9 Å². The Labute approximate surface area is 177 Å². The molecule has 2 amide bonds. The Morgan fingerprint density at radius 1 is 1.10 bits per heavy atom. The number of rotatable bonds is 6. The number of amides is 2. The van der Waals surface area contributed by atoms with E-state index in [9.17, 15) is 23.9 Å². The molecule has 0 fully saturated rings. The highest BCUT2D eigenvalue weighted by Gasteiger charge is 2.36. The lowest BCUT2D eigenvalue weighted by Crippen LogP contribution is -2.35. The second-order valence-electron chi connectivity index (χ2n) is 7.29. The van der Waals surface area contributed by atoms with Crippen LogP contribution in [0.15, 0.2) is 59.2 Å². The van der Waals surface area contributed by atoms with Gasteiger partial charge < -0.3 is 9.84 Å². The summed E-state index contributed by atoms with van der Waals surface area (Å²) in [6, 6.07) is 10.7. The van der Waals surface area contributed by atoms with Crippen LogP contribution in [0.25, 0.3) is 0 Å². The zero-order chi connectivity index (χ0) is 22.1. The van der Waals surface area contributed by atoms with Crippen LogP contribution in [0.2, 0.25) is 0 Å². The minimum absolute atomic E-state index is 0.0172. The molecule has 1 atom stereocenters. The van der Waals surface area contributed by atoms with Crippen molar-refractivity contribution < 1.29 is 28.6 Å². The van der Waals surface area contributed by atoms with Crippen LogP contribution in [0.5, 0.6) is 5.75 Å². The third-order valence-electron chi connectivity index (χ3n) is 5.28. The zero-order valence-corrected chi connectivity index (χ0v) is 16.7. The number of ketones is 1.